The molecule has 3 heteroatoms. The van der Waals surface area contributed by atoms with Crippen molar-refractivity contribution in [2.45, 2.75) is 4.90 Å². The van der Waals surface area contributed by atoms with Crippen LogP contribution in [-0.4, -0.2) is 4.98 Å². The second-order valence-corrected chi connectivity index (χ2v) is 4.57. The predicted octanol–water partition coefficient (Wildman–Crippen LogP) is 3.60. The van der Waals surface area contributed by atoms with Gasteiger partial charge in [0.05, 0.1) is 16.4 Å². The fourth-order valence-electron chi connectivity index (χ4n) is 1.60. The zero-order chi connectivity index (χ0) is 10.8. The SMILES string of the molecule is C(=C1Nc2ccccc2S1)c1ccccn1. The summed E-state index contributed by atoms with van der Waals surface area (Å²) < 4.78 is 0. The Morgan fingerprint density at radius 1 is 1.06 bits per heavy atom. The molecule has 2 heterocycles. The van der Waals surface area contributed by atoms with Crippen molar-refractivity contribution in [3.8, 4) is 0 Å². The number of hydrogen-bond donors (Lipinski definition) is 1. The van der Waals surface area contributed by atoms with E-state index in [9.17, 15) is 0 Å². The van der Waals surface area contributed by atoms with Crippen LogP contribution in [-0.2, 0) is 0 Å². The minimum absolute atomic E-state index is 0.977. The summed E-state index contributed by atoms with van der Waals surface area (Å²) in [5, 5.41) is 4.49. The van der Waals surface area contributed by atoms with Gasteiger partial charge in [-0.15, -0.1) is 0 Å². The third kappa shape index (κ3) is 1.82. The second-order valence-electron chi connectivity index (χ2n) is 3.49. The van der Waals surface area contributed by atoms with Crippen LogP contribution in [0.5, 0.6) is 0 Å². The van der Waals surface area contributed by atoms with Crippen molar-refractivity contribution in [3.05, 3.63) is 59.4 Å². The standard InChI is InChI=1S/C13H10N2S/c1-2-7-12-11(6-1)15-13(16-12)9-10-5-3-4-8-14-10/h1-9,15H. The van der Waals surface area contributed by atoms with Gasteiger partial charge in [0, 0.05) is 11.1 Å². The molecule has 1 aliphatic heterocycles. The summed E-state index contributed by atoms with van der Waals surface area (Å²) in [7, 11) is 0. The van der Waals surface area contributed by atoms with Crippen LogP contribution in [0.15, 0.2) is 58.6 Å². The molecule has 0 bridgehead atoms. The maximum absolute atomic E-state index is 4.28. The minimum atomic E-state index is 0.977. The lowest BCUT2D eigenvalue weighted by molar-refractivity contribution is 1.29. The molecule has 78 valence electrons. The fraction of sp³-hybridized carbons (Fsp3) is 0. The topological polar surface area (TPSA) is 24.9 Å². The Labute approximate surface area is 98.4 Å². The first kappa shape index (κ1) is 9.48. The number of benzene rings is 1. The molecule has 16 heavy (non-hydrogen) atoms. The first-order valence-corrected chi connectivity index (χ1v) is 5.90. The van der Waals surface area contributed by atoms with Crippen LogP contribution in [0.2, 0.25) is 0 Å². The Bertz CT molecular complexity index is 508. The van der Waals surface area contributed by atoms with Gasteiger partial charge < -0.3 is 5.32 Å². The highest BCUT2D eigenvalue weighted by Crippen LogP contribution is 2.40. The lowest BCUT2D eigenvalue weighted by atomic mass is 10.3. The first-order chi connectivity index (χ1) is 7.92. The minimum Gasteiger partial charge on any atom is -0.349 e. The summed E-state index contributed by atoms with van der Waals surface area (Å²) in [6.45, 7) is 0. The van der Waals surface area contributed by atoms with E-state index in [0.29, 0.717) is 0 Å². The Balaban J connectivity index is 1.89. The van der Waals surface area contributed by atoms with Crippen molar-refractivity contribution in [3.63, 3.8) is 0 Å². The summed E-state index contributed by atoms with van der Waals surface area (Å²) in [5.41, 5.74) is 2.15. The third-order valence-corrected chi connectivity index (χ3v) is 3.35. The number of anilines is 1. The summed E-state index contributed by atoms with van der Waals surface area (Å²) >= 11 is 1.74. The van der Waals surface area contributed by atoms with E-state index in [4.69, 9.17) is 0 Å². The molecule has 0 radical (unpaired) electrons. The van der Waals surface area contributed by atoms with Gasteiger partial charge >= 0.3 is 0 Å². The van der Waals surface area contributed by atoms with Crippen LogP contribution >= 0.6 is 11.8 Å². The van der Waals surface area contributed by atoms with Gasteiger partial charge in [-0.05, 0) is 30.3 Å². The highest BCUT2D eigenvalue weighted by atomic mass is 32.2. The third-order valence-electron chi connectivity index (χ3n) is 2.33. The van der Waals surface area contributed by atoms with E-state index in [1.54, 1.807) is 18.0 Å². The van der Waals surface area contributed by atoms with Crippen molar-refractivity contribution in [1.82, 2.24) is 4.98 Å². The van der Waals surface area contributed by atoms with Crippen LogP contribution in [0.1, 0.15) is 5.69 Å². The second kappa shape index (κ2) is 4.02. The molecular formula is C13H10N2S. The van der Waals surface area contributed by atoms with Crippen molar-refractivity contribution in [2.24, 2.45) is 0 Å². The zero-order valence-electron chi connectivity index (χ0n) is 8.55. The van der Waals surface area contributed by atoms with Crippen LogP contribution in [0.3, 0.4) is 0 Å². The van der Waals surface area contributed by atoms with Crippen LogP contribution in [0.25, 0.3) is 6.08 Å². The molecule has 2 nitrogen and oxygen atoms in total. The van der Waals surface area contributed by atoms with E-state index in [-0.39, 0.29) is 0 Å². The van der Waals surface area contributed by atoms with Crippen molar-refractivity contribution >= 4 is 23.5 Å². The maximum Gasteiger partial charge on any atom is 0.0796 e. The molecule has 0 spiro atoms. The zero-order valence-corrected chi connectivity index (χ0v) is 9.37. The highest BCUT2D eigenvalue weighted by molar-refractivity contribution is 8.03. The van der Waals surface area contributed by atoms with E-state index >= 15 is 0 Å². The number of aromatic nitrogens is 1. The summed E-state index contributed by atoms with van der Waals surface area (Å²) in [6.07, 6.45) is 3.86. The normalized spacial score (nSPS) is 15.9. The average molecular weight is 226 g/mol. The Morgan fingerprint density at radius 3 is 2.75 bits per heavy atom. The molecular weight excluding hydrogens is 216 g/mol. The Kier molecular flexibility index (Phi) is 2.38. The molecule has 1 aliphatic rings. The van der Waals surface area contributed by atoms with Gasteiger partial charge in [0.1, 0.15) is 0 Å². The molecule has 1 aromatic heterocycles. The monoisotopic (exact) mass is 226 g/mol. The van der Waals surface area contributed by atoms with Crippen molar-refractivity contribution < 1.29 is 0 Å². The quantitative estimate of drug-likeness (QED) is 0.804. The summed E-state index contributed by atoms with van der Waals surface area (Å²) in [4.78, 5) is 5.54. The molecule has 3 rings (SSSR count). The first-order valence-electron chi connectivity index (χ1n) is 5.08. The van der Waals surface area contributed by atoms with Gasteiger partial charge in [-0.2, -0.15) is 0 Å². The molecule has 0 fully saturated rings. The number of fused-ring (bicyclic) bond motifs is 1. The smallest absolute Gasteiger partial charge is 0.0796 e. The van der Waals surface area contributed by atoms with Crippen LogP contribution in [0, 0.1) is 0 Å². The van der Waals surface area contributed by atoms with Crippen molar-refractivity contribution in [2.75, 3.05) is 5.32 Å². The molecule has 0 amide bonds. The van der Waals surface area contributed by atoms with Crippen molar-refractivity contribution in [1.29, 1.82) is 0 Å². The van der Waals surface area contributed by atoms with E-state index in [0.717, 1.165) is 10.7 Å². The van der Waals surface area contributed by atoms with Crippen LogP contribution < -0.4 is 5.32 Å². The number of hydrogen-bond acceptors (Lipinski definition) is 3. The van der Waals surface area contributed by atoms with Gasteiger partial charge in [-0.25, -0.2) is 0 Å². The molecule has 0 aliphatic carbocycles. The summed E-state index contributed by atoms with van der Waals surface area (Å²) in [6, 6.07) is 14.2. The molecule has 0 atom stereocenters. The number of rotatable bonds is 1. The van der Waals surface area contributed by atoms with Gasteiger partial charge in [0.2, 0.25) is 0 Å². The van der Waals surface area contributed by atoms with Gasteiger partial charge in [-0.1, -0.05) is 30.0 Å². The Hall–Kier alpha value is -1.74. The molecule has 0 unspecified atom stereocenters. The fourth-order valence-corrected chi connectivity index (χ4v) is 2.55. The summed E-state index contributed by atoms with van der Waals surface area (Å²) in [5.74, 6) is 0. The van der Waals surface area contributed by atoms with E-state index in [2.05, 4.69) is 34.6 Å². The van der Waals surface area contributed by atoms with E-state index < -0.39 is 0 Å². The maximum atomic E-state index is 4.28. The molecule has 0 saturated heterocycles. The number of para-hydroxylation sites is 1. The number of nitrogens with one attached hydrogen (secondary N) is 1. The average Bonchev–Trinajstić information content (AvgIpc) is 2.72. The lowest BCUT2D eigenvalue weighted by Crippen LogP contribution is -1.88. The van der Waals surface area contributed by atoms with Crippen LogP contribution in [0.4, 0.5) is 5.69 Å². The number of nitrogens with zero attached hydrogens (tertiary/aromatic N) is 1. The molecule has 2 aromatic rings. The number of pyridine rings is 1. The predicted molar refractivity (Wildman–Crippen MR) is 68.1 cm³/mol. The molecule has 1 N–H and O–H groups in total. The molecule has 0 saturated carbocycles. The van der Waals surface area contributed by atoms with Gasteiger partial charge in [0.15, 0.2) is 0 Å². The molecule has 1 aromatic carbocycles. The highest BCUT2D eigenvalue weighted by Gasteiger charge is 2.14. The number of thioether (sulfide) groups is 1. The lowest BCUT2D eigenvalue weighted by Gasteiger charge is -1.97. The van der Waals surface area contributed by atoms with Gasteiger partial charge in [-0.3, -0.25) is 4.98 Å². The largest absolute Gasteiger partial charge is 0.349 e. The van der Waals surface area contributed by atoms with E-state index in [1.165, 1.54) is 10.6 Å². The van der Waals surface area contributed by atoms with Gasteiger partial charge in [0.25, 0.3) is 0 Å². The van der Waals surface area contributed by atoms with E-state index in [1.807, 2.05) is 24.3 Å². The Morgan fingerprint density at radius 2 is 1.94 bits per heavy atom.